The number of nitro groups is 1. The highest BCUT2D eigenvalue weighted by Crippen LogP contribution is 2.47. The molecule has 0 bridgehead atoms. The van der Waals surface area contributed by atoms with Gasteiger partial charge in [0.05, 0.1) is 28.3 Å². The molecule has 2 aromatic carbocycles. The van der Waals surface area contributed by atoms with Gasteiger partial charge in [0.2, 0.25) is 0 Å². The molecule has 2 heterocycles. The smallest absolute Gasteiger partial charge is 0.293 e. The number of fused-ring (bicyclic) bond motifs is 3. The summed E-state index contributed by atoms with van der Waals surface area (Å²) in [7, 11) is 0. The maximum absolute atomic E-state index is 11.1. The largest absolute Gasteiger partial charge is 0.465 e. The molecule has 0 atom stereocenters. The van der Waals surface area contributed by atoms with Crippen LogP contribution in [0.4, 0.5) is 5.69 Å². The third kappa shape index (κ3) is 3.42. The van der Waals surface area contributed by atoms with Crippen LogP contribution in [-0.2, 0) is 0 Å². The summed E-state index contributed by atoms with van der Waals surface area (Å²) in [5.74, 6) is 0.813. The van der Waals surface area contributed by atoms with E-state index >= 15 is 0 Å². The molecule has 5 rings (SSSR count). The van der Waals surface area contributed by atoms with Gasteiger partial charge in [-0.2, -0.15) is 0 Å². The monoisotopic (exact) mass is 416 g/mol. The number of hydrogen-bond acceptors (Lipinski definition) is 5. The van der Waals surface area contributed by atoms with Crippen LogP contribution in [0.15, 0.2) is 52.9 Å². The molecular formula is C25H24N2O4. The van der Waals surface area contributed by atoms with Crippen molar-refractivity contribution in [2.24, 2.45) is 0 Å². The lowest BCUT2D eigenvalue weighted by atomic mass is 9.85. The van der Waals surface area contributed by atoms with Crippen LogP contribution in [-0.4, -0.2) is 16.5 Å². The highest BCUT2D eigenvalue weighted by atomic mass is 16.6. The fourth-order valence-electron chi connectivity index (χ4n) is 4.71. The first-order valence-electron chi connectivity index (χ1n) is 10.9. The van der Waals surface area contributed by atoms with E-state index in [0.29, 0.717) is 18.5 Å². The molecule has 6 nitrogen and oxygen atoms in total. The summed E-state index contributed by atoms with van der Waals surface area (Å²) in [5.41, 5.74) is 4.44. The van der Waals surface area contributed by atoms with Crippen molar-refractivity contribution in [3.63, 3.8) is 0 Å². The van der Waals surface area contributed by atoms with Gasteiger partial charge in [-0.05, 0) is 43.5 Å². The Balaban J connectivity index is 1.82. The summed E-state index contributed by atoms with van der Waals surface area (Å²) in [6.07, 6.45) is 5.89. The van der Waals surface area contributed by atoms with E-state index in [-0.39, 0.29) is 10.6 Å². The van der Waals surface area contributed by atoms with Crippen molar-refractivity contribution in [1.29, 1.82) is 0 Å². The number of nitrogens with zero attached hydrogens (tertiary/aromatic N) is 2. The summed E-state index contributed by atoms with van der Waals surface area (Å²) < 4.78 is 12.3. The van der Waals surface area contributed by atoms with Gasteiger partial charge in [-0.3, -0.25) is 10.1 Å². The second kappa shape index (κ2) is 8.02. The number of hydrogen-bond donors (Lipinski definition) is 0. The van der Waals surface area contributed by atoms with Gasteiger partial charge in [0.1, 0.15) is 0 Å². The molecule has 0 spiro atoms. The van der Waals surface area contributed by atoms with Crippen molar-refractivity contribution in [3.8, 4) is 17.1 Å². The zero-order chi connectivity index (χ0) is 21.4. The summed E-state index contributed by atoms with van der Waals surface area (Å²) in [4.78, 5) is 15.8. The highest BCUT2D eigenvalue weighted by Gasteiger charge is 2.27. The van der Waals surface area contributed by atoms with E-state index in [0.717, 1.165) is 51.5 Å². The topological polar surface area (TPSA) is 78.4 Å². The molecule has 6 heteroatoms. The van der Waals surface area contributed by atoms with Gasteiger partial charge < -0.3 is 9.15 Å². The summed E-state index contributed by atoms with van der Waals surface area (Å²) in [6, 6.07) is 14.7. The average molecular weight is 416 g/mol. The first-order chi connectivity index (χ1) is 15.2. The molecule has 158 valence electrons. The first-order valence-corrected chi connectivity index (χ1v) is 10.9. The van der Waals surface area contributed by atoms with E-state index in [4.69, 9.17) is 14.1 Å². The van der Waals surface area contributed by atoms with E-state index < -0.39 is 0 Å². The highest BCUT2D eigenvalue weighted by molar-refractivity contribution is 6.14. The molecule has 1 fully saturated rings. The minimum atomic E-state index is -0.388. The molecule has 1 aliphatic rings. The lowest BCUT2D eigenvalue weighted by Gasteiger charge is -2.21. The number of furan rings is 1. The van der Waals surface area contributed by atoms with E-state index in [9.17, 15) is 10.1 Å². The van der Waals surface area contributed by atoms with Gasteiger partial charge in [-0.1, -0.05) is 37.5 Å². The first kappa shape index (κ1) is 19.5. The van der Waals surface area contributed by atoms with Gasteiger partial charge >= 0.3 is 0 Å². The maximum atomic E-state index is 11.1. The second-order valence-corrected chi connectivity index (χ2v) is 8.05. The predicted molar refractivity (Wildman–Crippen MR) is 121 cm³/mol. The molecule has 1 saturated carbocycles. The molecule has 0 amide bonds. The zero-order valence-electron chi connectivity index (χ0n) is 17.5. The lowest BCUT2D eigenvalue weighted by molar-refractivity contribution is -0.384. The molecule has 2 aromatic heterocycles. The maximum Gasteiger partial charge on any atom is 0.293 e. The Morgan fingerprint density at radius 3 is 2.55 bits per heavy atom. The normalized spacial score (nSPS) is 14.9. The van der Waals surface area contributed by atoms with E-state index in [1.807, 2.05) is 25.1 Å². The lowest BCUT2D eigenvalue weighted by Crippen LogP contribution is -2.07. The SMILES string of the molecule is CCOc1oc2c(C3CCCCC3)nc3ccccc3c2c1-c1ccc([N+](=O)[O-])cc1. The van der Waals surface area contributed by atoms with Crippen molar-refractivity contribution in [3.05, 3.63) is 64.3 Å². The Morgan fingerprint density at radius 2 is 1.84 bits per heavy atom. The van der Waals surface area contributed by atoms with Crippen molar-refractivity contribution >= 4 is 27.6 Å². The Hall–Kier alpha value is -3.41. The fraction of sp³-hybridized carbons (Fsp3) is 0.320. The van der Waals surface area contributed by atoms with E-state index in [2.05, 4.69) is 6.07 Å². The Morgan fingerprint density at radius 1 is 1.10 bits per heavy atom. The van der Waals surface area contributed by atoms with Crippen LogP contribution in [0.3, 0.4) is 0 Å². The van der Waals surface area contributed by atoms with Gasteiger partial charge in [0.15, 0.2) is 5.58 Å². The van der Waals surface area contributed by atoms with E-state index in [1.165, 1.54) is 31.4 Å². The molecule has 1 aliphatic carbocycles. The third-order valence-corrected chi connectivity index (χ3v) is 6.16. The Kier molecular flexibility index (Phi) is 5.06. The molecular weight excluding hydrogens is 392 g/mol. The summed E-state index contributed by atoms with van der Waals surface area (Å²) in [6.45, 7) is 2.38. The zero-order valence-corrected chi connectivity index (χ0v) is 17.5. The van der Waals surface area contributed by atoms with Gasteiger partial charge in [-0.25, -0.2) is 4.98 Å². The molecule has 0 aliphatic heterocycles. The minimum absolute atomic E-state index is 0.0592. The van der Waals surface area contributed by atoms with Gasteiger partial charge in [0.25, 0.3) is 11.6 Å². The quantitative estimate of drug-likeness (QED) is 0.258. The number of ether oxygens (including phenoxy) is 1. The van der Waals surface area contributed by atoms with Crippen LogP contribution in [0.1, 0.15) is 50.6 Å². The molecule has 0 radical (unpaired) electrons. The molecule has 0 saturated heterocycles. The minimum Gasteiger partial charge on any atom is -0.465 e. The van der Waals surface area contributed by atoms with Gasteiger partial charge in [0, 0.05) is 28.8 Å². The summed E-state index contributed by atoms with van der Waals surface area (Å²) in [5, 5.41) is 13.1. The number of para-hydroxylation sites is 1. The number of nitro benzene ring substituents is 1. The van der Waals surface area contributed by atoms with E-state index in [1.54, 1.807) is 12.1 Å². The van der Waals surface area contributed by atoms with Crippen LogP contribution < -0.4 is 4.74 Å². The number of aromatic nitrogens is 1. The van der Waals surface area contributed by atoms with Crippen molar-refractivity contribution in [2.75, 3.05) is 6.61 Å². The van der Waals surface area contributed by atoms with Crippen molar-refractivity contribution in [1.82, 2.24) is 4.98 Å². The van der Waals surface area contributed by atoms with Crippen molar-refractivity contribution < 1.29 is 14.1 Å². The third-order valence-electron chi connectivity index (χ3n) is 6.16. The molecule has 4 aromatic rings. The number of rotatable bonds is 5. The van der Waals surface area contributed by atoms with Crippen molar-refractivity contribution in [2.45, 2.75) is 44.9 Å². The molecule has 0 unspecified atom stereocenters. The number of non-ortho nitro benzene ring substituents is 1. The predicted octanol–water partition coefficient (Wildman–Crippen LogP) is 7.00. The van der Waals surface area contributed by atoms with Crippen LogP contribution >= 0.6 is 0 Å². The molecule has 31 heavy (non-hydrogen) atoms. The fourth-order valence-corrected chi connectivity index (χ4v) is 4.71. The standard InChI is InChI=1S/C25H24N2O4/c1-2-30-25-21(16-12-14-18(15-13-16)27(28)29)22-19-10-6-7-11-20(19)26-23(24(22)31-25)17-8-4-3-5-9-17/h6-7,10-15,17H,2-5,8-9H2,1H3. The Labute approximate surface area is 180 Å². The van der Waals surface area contributed by atoms with Crippen LogP contribution in [0.25, 0.3) is 33.0 Å². The molecule has 0 N–H and O–H groups in total. The van der Waals surface area contributed by atoms with Gasteiger partial charge in [-0.15, -0.1) is 0 Å². The Bertz CT molecular complexity index is 1250. The van der Waals surface area contributed by atoms with Crippen LogP contribution in [0, 0.1) is 10.1 Å². The second-order valence-electron chi connectivity index (χ2n) is 8.05. The van der Waals surface area contributed by atoms with Crippen LogP contribution in [0.2, 0.25) is 0 Å². The number of pyridine rings is 1. The number of benzene rings is 2. The summed E-state index contributed by atoms with van der Waals surface area (Å²) >= 11 is 0. The average Bonchev–Trinajstić information content (AvgIpc) is 3.19. The van der Waals surface area contributed by atoms with Crippen LogP contribution in [0.5, 0.6) is 5.95 Å².